The van der Waals surface area contributed by atoms with Crippen LogP contribution in [0.25, 0.3) is 0 Å². The Kier molecular flexibility index (Phi) is 8.70. The summed E-state index contributed by atoms with van der Waals surface area (Å²) in [6, 6.07) is 1.61. The Balaban J connectivity index is 1.65. The number of ether oxygens (including phenoxy) is 2. The maximum Gasteiger partial charge on any atom is 0.471 e. The van der Waals surface area contributed by atoms with Crippen LogP contribution in [0.2, 0.25) is 0 Å². The first-order chi connectivity index (χ1) is 18.6. The second kappa shape index (κ2) is 11.4. The highest BCUT2D eigenvalue weighted by molar-refractivity contribution is 7.99. The molecular weight excluding hydrogens is 566 g/mol. The van der Waals surface area contributed by atoms with Crippen molar-refractivity contribution in [1.29, 1.82) is 0 Å². The second-order valence-electron chi connectivity index (χ2n) is 10.5. The first-order valence-electron chi connectivity index (χ1n) is 12.9. The molecule has 2 amide bonds. The van der Waals surface area contributed by atoms with Gasteiger partial charge in [0, 0.05) is 43.7 Å². The van der Waals surface area contributed by atoms with Gasteiger partial charge < -0.3 is 19.3 Å². The van der Waals surface area contributed by atoms with Crippen molar-refractivity contribution >= 4 is 29.5 Å². The molecular formula is C26H30F6N2O5S. The van der Waals surface area contributed by atoms with Crippen LogP contribution in [0, 0.1) is 5.41 Å². The van der Waals surface area contributed by atoms with E-state index in [2.05, 4.69) is 0 Å². The van der Waals surface area contributed by atoms with Crippen LogP contribution in [0.4, 0.5) is 26.3 Å². The lowest BCUT2D eigenvalue weighted by Gasteiger charge is -2.42. The summed E-state index contributed by atoms with van der Waals surface area (Å²) in [5.74, 6) is -3.12. The Morgan fingerprint density at radius 1 is 1.10 bits per heavy atom. The van der Waals surface area contributed by atoms with Crippen molar-refractivity contribution in [2.75, 3.05) is 19.1 Å². The van der Waals surface area contributed by atoms with E-state index in [9.17, 15) is 40.7 Å². The first-order valence-corrected chi connectivity index (χ1v) is 13.9. The second-order valence-corrected chi connectivity index (χ2v) is 11.4. The molecule has 0 N–H and O–H groups in total. The van der Waals surface area contributed by atoms with E-state index in [1.54, 1.807) is 0 Å². The SMILES string of the molecule is CC(=O)O[C@@H](C)[C@]1(C(=O)N2CSc3ccc(C(F)(F)F)cc3C2)CC[C@@H](N(C(=O)C(F)(F)F)C2CCOCC2)C1. The summed E-state index contributed by atoms with van der Waals surface area (Å²) in [6.45, 7) is 2.87. The molecule has 0 aromatic heterocycles. The maximum atomic E-state index is 14.1. The fourth-order valence-corrected chi connectivity index (χ4v) is 6.97. The van der Waals surface area contributed by atoms with Gasteiger partial charge in [0.1, 0.15) is 6.10 Å². The first kappa shape index (κ1) is 30.5. The zero-order valence-corrected chi connectivity index (χ0v) is 22.8. The molecule has 7 nitrogen and oxygen atoms in total. The molecule has 3 aliphatic rings. The van der Waals surface area contributed by atoms with Crippen LogP contribution in [0.5, 0.6) is 0 Å². The fourth-order valence-electron chi connectivity index (χ4n) is 5.99. The number of hydrogen-bond acceptors (Lipinski definition) is 6. The molecule has 0 radical (unpaired) electrons. The zero-order valence-electron chi connectivity index (χ0n) is 21.9. The number of esters is 1. The molecule has 1 aromatic rings. The topological polar surface area (TPSA) is 76.2 Å². The Morgan fingerprint density at radius 3 is 2.38 bits per heavy atom. The standard InChI is InChI=1S/C26H30F6N2O5S/c1-15(39-16(2)35)24(22(36)33-13-17-11-18(25(27,28)29)3-4-21(17)40-14-33)8-5-20(12-24)34(23(37)26(30,31)32)19-6-9-38-10-7-19/h3-4,11,15,19-20H,5-10,12-14H2,1-2H3/t15-,20+,24-/m0/s1. The number of carbonyl (C=O) groups excluding carboxylic acids is 3. The molecule has 3 atom stereocenters. The van der Waals surface area contributed by atoms with Crippen LogP contribution in [-0.2, 0) is 36.6 Å². The van der Waals surface area contributed by atoms with Crippen molar-refractivity contribution in [3.05, 3.63) is 29.3 Å². The molecule has 0 bridgehead atoms. The average Bonchev–Trinajstić information content (AvgIpc) is 3.33. The number of rotatable bonds is 5. The Labute approximate surface area is 231 Å². The molecule has 1 saturated carbocycles. The predicted molar refractivity (Wildman–Crippen MR) is 131 cm³/mol. The highest BCUT2D eigenvalue weighted by Crippen LogP contribution is 2.48. The smallest absolute Gasteiger partial charge is 0.462 e. The summed E-state index contributed by atoms with van der Waals surface area (Å²) in [5.41, 5.74) is -2.03. The fraction of sp³-hybridized carbons (Fsp3) is 0.654. The number of benzene rings is 1. The molecule has 2 fully saturated rings. The molecule has 4 rings (SSSR count). The molecule has 40 heavy (non-hydrogen) atoms. The third-order valence-corrected chi connectivity index (χ3v) is 9.09. The van der Waals surface area contributed by atoms with Crippen molar-refractivity contribution in [2.24, 2.45) is 5.41 Å². The summed E-state index contributed by atoms with van der Waals surface area (Å²) >= 11 is 1.17. The number of halogens is 6. The van der Waals surface area contributed by atoms with Gasteiger partial charge in [0.05, 0.1) is 16.9 Å². The number of carbonyl (C=O) groups is 3. The quantitative estimate of drug-likeness (QED) is 0.346. The van der Waals surface area contributed by atoms with Gasteiger partial charge in [-0.1, -0.05) is 0 Å². The summed E-state index contributed by atoms with van der Waals surface area (Å²) in [6.07, 6.45) is -10.4. The van der Waals surface area contributed by atoms with E-state index >= 15 is 0 Å². The predicted octanol–water partition coefficient (Wildman–Crippen LogP) is 5.16. The third-order valence-electron chi connectivity index (χ3n) is 7.94. The number of thioether (sulfide) groups is 1. The summed E-state index contributed by atoms with van der Waals surface area (Å²) < 4.78 is 91.7. The molecule has 222 valence electrons. The Morgan fingerprint density at radius 2 is 1.77 bits per heavy atom. The van der Waals surface area contributed by atoms with E-state index in [4.69, 9.17) is 9.47 Å². The molecule has 2 heterocycles. The van der Waals surface area contributed by atoms with E-state index in [0.29, 0.717) is 10.5 Å². The van der Waals surface area contributed by atoms with Crippen molar-refractivity contribution < 1.29 is 50.2 Å². The zero-order chi connectivity index (χ0) is 29.5. The van der Waals surface area contributed by atoms with Crippen molar-refractivity contribution in [2.45, 2.75) is 87.9 Å². The minimum absolute atomic E-state index is 0.0341. The molecule has 0 unspecified atom stereocenters. The van der Waals surface area contributed by atoms with Crippen LogP contribution in [0.15, 0.2) is 23.1 Å². The van der Waals surface area contributed by atoms with E-state index in [1.807, 2.05) is 0 Å². The van der Waals surface area contributed by atoms with Gasteiger partial charge in [-0.05, 0) is 62.8 Å². The molecule has 1 aromatic carbocycles. The number of hydrogen-bond donors (Lipinski definition) is 0. The van der Waals surface area contributed by atoms with Gasteiger partial charge in [0.2, 0.25) is 5.91 Å². The van der Waals surface area contributed by atoms with Gasteiger partial charge in [0.15, 0.2) is 0 Å². The third kappa shape index (κ3) is 6.22. The molecule has 0 spiro atoms. The van der Waals surface area contributed by atoms with Gasteiger partial charge in [-0.3, -0.25) is 14.4 Å². The van der Waals surface area contributed by atoms with Gasteiger partial charge in [0.25, 0.3) is 0 Å². The molecule has 1 aliphatic carbocycles. The van der Waals surface area contributed by atoms with Crippen molar-refractivity contribution in [3.63, 3.8) is 0 Å². The summed E-state index contributed by atoms with van der Waals surface area (Å²) in [5, 5.41) is 0. The van der Waals surface area contributed by atoms with Gasteiger partial charge >= 0.3 is 24.2 Å². The van der Waals surface area contributed by atoms with Crippen LogP contribution < -0.4 is 0 Å². The lowest BCUT2D eigenvalue weighted by atomic mass is 9.78. The van der Waals surface area contributed by atoms with E-state index in [-0.39, 0.29) is 57.7 Å². The molecule has 2 aliphatic heterocycles. The van der Waals surface area contributed by atoms with Crippen LogP contribution in [0.3, 0.4) is 0 Å². The van der Waals surface area contributed by atoms with Crippen LogP contribution in [-0.4, -0.2) is 71.0 Å². The lowest BCUT2D eigenvalue weighted by Crippen LogP contribution is -2.55. The van der Waals surface area contributed by atoms with Gasteiger partial charge in [-0.15, -0.1) is 11.8 Å². The largest absolute Gasteiger partial charge is 0.471 e. The normalized spacial score (nSPS) is 24.8. The van der Waals surface area contributed by atoms with Crippen molar-refractivity contribution in [3.8, 4) is 0 Å². The van der Waals surface area contributed by atoms with Crippen LogP contribution >= 0.6 is 11.8 Å². The highest BCUT2D eigenvalue weighted by atomic mass is 32.2. The number of fused-ring (bicyclic) bond motifs is 1. The van der Waals surface area contributed by atoms with Crippen molar-refractivity contribution in [1.82, 2.24) is 9.80 Å². The minimum Gasteiger partial charge on any atom is -0.462 e. The Bertz CT molecular complexity index is 1140. The van der Waals surface area contributed by atoms with Crippen LogP contribution in [0.1, 0.15) is 57.1 Å². The molecule has 1 saturated heterocycles. The molecule has 14 heteroatoms. The maximum absolute atomic E-state index is 14.1. The minimum atomic E-state index is -5.13. The summed E-state index contributed by atoms with van der Waals surface area (Å²) in [4.78, 5) is 41.3. The average molecular weight is 597 g/mol. The highest BCUT2D eigenvalue weighted by Gasteiger charge is 2.57. The summed E-state index contributed by atoms with van der Waals surface area (Å²) in [7, 11) is 0. The lowest BCUT2D eigenvalue weighted by molar-refractivity contribution is -0.192. The van der Waals surface area contributed by atoms with Gasteiger partial charge in [-0.2, -0.15) is 26.3 Å². The number of nitrogens with zero attached hydrogens (tertiary/aromatic N) is 2. The van der Waals surface area contributed by atoms with E-state index in [0.717, 1.165) is 24.0 Å². The number of alkyl halides is 6. The van der Waals surface area contributed by atoms with E-state index in [1.165, 1.54) is 29.7 Å². The van der Waals surface area contributed by atoms with Gasteiger partial charge in [-0.25, -0.2) is 0 Å². The Hall–Kier alpha value is -2.48. The van der Waals surface area contributed by atoms with E-state index < -0.39 is 59.3 Å². The number of amides is 2. The monoisotopic (exact) mass is 596 g/mol.